The highest BCUT2D eigenvalue weighted by Crippen LogP contribution is 2.27. The van der Waals surface area contributed by atoms with Gasteiger partial charge < -0.3 is 19.8 Å². The lowest BCUT2D eigenvalue weighted by Gasteiger charge is -2.15. The Morgan fingerprint density at radius 2 is 2.11 bits per heavy atom. The van der Waals surface area contributed by atoms with E-state index < -0.39 is 0 Å². The molecule has 0 aliphatic carbocycles. The third-order valence-corrected chi connectivity index (χ3v) is 4.81. The second-order valence-electron chi connectivity index (χ2n) is 6.20. The average molecular weight is 542 g/mol. The summed E-state index contributed by atoms with van der Waals surface area (Å²) in [6.45, 7) is 1.30. The SMILES string of the molecule is CN=C(NCc1cn2cc(Br)ccc2n1)NCC1Cc2ccccc2O1.I. The number of fused-ring (bicyclic) bond motifs is 2. The quantitative estimate of drug-likeness (QED) is 0.302. The molecule has 0 radical (unpaired) electrons. The van der Waals surface area contributed by atoms with Crippen molar-refractivity contribution in [2.45, 2.75) is 19.1 Å². The van der Waals surface area contributed by atoms with Crippen molar-refractivity contribution < 1.29 is 4.74 Å². The van der Waals surface area contributed by atoms with Gasteiger partial charge in [-0.2, -0.15) is 0 Å². The second-order valence-corrected chi connectivity index (χ2v) is 7.12. The fraction of sp³-hybridized carbons (Fsp3) is 0.263. The van der Waals surface area contributed by atoms with Gasteiger partial charge in [-0.15, -0.1) is 24.0 Å². The minimum atomic E-state index is 0. The molecule has 1 aromatic carbocycles. The first-order valence-electron chi connectivity index (χ1n) is 8.53. The number of ether oxygens (including phenoxy) is 1. The number of nitrogens with zero attached hydrogens (tertiary/aromatic N) is 3. The Labute approximate surface area is 183 Å². The first-order valence-corrected chi connectivity index (χ1v) is 9.33. The standard InChI is InChI=1S/C19H20BrN5O.HI/c1-21-19(23-10-16-8-13-4-2-3-5-17(13)26-16)22-9-15-12-25-11-14(20)6-7-18(25)24-15;/h2-7,11-12,16H,8-10H2,1H3,(H2,21,22,23);1H. The number of hydrogen-bond donors (Lipinski definition) is 2. The molecule has 1 atom stereocenters. The molecule has 142 valence electrons. The van der Waals surface area contributed by atoms with Crippen molar-refractivity contribution in [1.29, 1.82) is 0 Å². The molecule has 0 saturated carbocycles. The van der Waals surface area contributed by atoms with Gasteiger partial charge in [-0.3, -0.25) is 4.99 Å². The number of benzene rings is 1. The third kappa shape index (κ3) is 4.73. The Morgan fingerprint density at radius 3 is 2.93 bits per heavy atom. The van der Waals surface area contributed by atoms with E-state index in [1.54, 1.807) is 7.05 Å². The van der Waals surface area contributed by atoms with Crippen LogP contribution in [0, 0.1) is 0 Å². The van der Waals surface area contributed by atoms with Crippen molar-refractivity contribution in [2.75, 3.05) is 13.6 Å². The van der Waals surface area contributed by atoms with Gasteiger partial charge in [-0.25, -0.2) is 4.98 Å². The maximum Gasteiger partial charge on any atom is 0.191 e. The van der Waals surface area contributed by atoms with Crippen LogP contribution < -0.4 is 15.4 Å². The molecule has 2 aromatic heterocycles. The number of aromatic nitrogens is 2. The van der Waals surface area contributed by atoms with Crippen LogP contribution in [-0.4, -0.2) is 35.0 Å². The first kappa shape index (κ1) is 19.9. The Hall–Kier alpha value is -1.81. The maximum absolute atomic E-state index is 5.95. The van der Waals surface area contributed by atoms with E-state index in [9.17, 15) is 0 Å². The number of halogens is 2. The molecule has 1 aliphatic heterocycles. The average Bonchev–Trinajstić information content (AvgIpc) is 3.24. The Morgan fingerprint density at radius 1 is 1.26 bits per heavy atom. The smallest absolute Gasteiger partial charge is 0.191 e. The predicted octanol–water partition coefficient (Wildman–Crippen LogP) is 3.38. The van der Waals surface area contributed by atoms with Gasteiger partial charge in [0.05, 0.1) is 18.8 Å². The summed E-state index contributed by atoms with van der Waals surface area (Å²) in [6, 6.07) is 12.2. The van der Waals surface area contributed by atoms with E-state index in [-0.39, 0.29) is 30.1 Å². The van der Waals surface area contributed by atoms with Crippen molar-refractivity contribution in [3.05, 3.63) is 64.5 Å². The Bertz CT molecular complexity index is 933. The molecule has 3 heterocycles. The van der Waals surface area contributed by atoms with Gasteiger partial charge in [0, 0.05) is 30.3 Å². The van der Waals surface area contributed by atoms with Crippen LogP contribution >= 0.6 is 39.9 Å². The van der Waals surface area contributed by atoms with E-state index in [0.717, 1.165) is 33.9 Å². The molecule has 1 unspecified atom stereocenters. The van der Waals surface area contributed by atoms with Gasteiger partial charge in [0.15, 0.2) is 5.96 Å². The van der Waals surface area contributed by atoms with Crippen LogP contribution in [0.5, 0.6) is 5.75 Å². The fourth-order valence-electron chi connectivity index (χ4n) is 3.08. The van der Waals surface area contributed by atoms with E-state index in [0.29, 0.717) is 13.1 Å². The molecular formula is C19H21BrIN5O. The number of aliphatic imine (C=N–C) groups is 1. The van der Waals surface area contributed by atoms with E-state index in [1.165, 1.54) is 5.56 Å². The zero-order valence-electron chi connectivity index (χ0n) is 14.9. The molecule has 27 heavy (non-hydrogen) atoms. The molecule has 0 fully saturated rings. The highest BCUT2D eigenvalue weighted by molar-refractivity contribution is 14.0. The van der Waals surface area contributed by atoms with Gasteiger partial charge >= 0.3 is 0 Å². The van der Waals surface area contributed by atoms with Gasteiger partial charge in [-0.05, 0) is 39.7 Å². The van der Waals surface area contributed by atoms with Crippen molar-refractivity contribution in [2.24, 2.45) is 4.99 Å². The van der Waals surface area contributed by atoms with Crippen molar-refractivity contribution in [1.82, 2.24) is 20.0 Å². The van der Waals surface area contributed by atoms with Crippen LogP contribution in [0.3, 0.4) is 0 Å². The highest BCUT2D eigenvalue weighted by Gasteiger charge is 2.22. The molecule has 3 aromatic rings. The third-order valence-electron chi connectivity index (χ3n) is 4.34. The molecule has 2 N–H and O–H groups in total. The lowest BCUT2D eigenvalue weighted by Crippen LogP contribution is -2.42. The fourth-order valence-corrected chi connectivity index (χ4v) is 3.43. The molecule has 1 aliphatic rings. The summed E-state index contributed by atoms with van der Waals surface area (Å²) >= 11 is 3.47. The van der Waals surface area contributed by atoms with Crippen LogP contribution in [0.1, 0.15) is 11.3 Å². The van der Waals surface area contributed by atoms with Gasteiger partial charge in [0.1, 0.15) is 17.5 Å². The minimum absolute atomic E-state index is 0. The molecule has 0 bridgehead atoms. The van der Waals surface area contributed by atoms with Crippen LogP contribution in [0.15, 0.2) is 58.3 Å². The maximum atomic E-state index is 5.95. The minimum Gasteiger partial charge on any atom is -0.488 e. The number of guanidine groups is 1. The number of hydrogen-bond acceptors (Lipinski definition) is 3. The first-order chi connectivity index (χ1) is 12.7. The van der Waals surface area contributed by atoms with Crippen molar-refractivity contribution in [3.8, 4) is 5.75 Å². The van der Waals surface area contributed by atoms with E-state index in [1.807, 2.05) is 47.1 Å². The zero-order chi connectivity index (χ0) is 17.9. The number of nitrogens with one attached hydrogen (secondary N) is 2. The molecular weight excluding hydrogens is 521 g/mol. The second kappa shape index (κ2) is 8.92. The number of imidazole rings is 1. The molecule has 8 heteroatoms. The predicted molar refractivity (Wildman–Crippen MR) is 121 cm³/mol. The number of rotatable bonds is 4. The molecule has 0 spiro atoms. The summed E-state index contributed by atoms with van der Waals surface area (Å²) in [5, 5.41) is 6.63. The van der Waals surface area contributed by atoms with E-state index in [4.69, 9.17) is 4.74 Å². The largest absolute Gasteiger partial charge is 0.488 e. The summed E-state index contributed by atoms with van der Waals surface area (Å²) in [7, 11) is 1.76. The summed E-state index contributed by atoms with van der Waals surface area (Å²) in [5.74, 6) is 1.72. The summed E-state index contributed by atoms with van der Waals surface area (Å²) in [5.41, 5.74) is 3.14. The number of pyridine rings is 1. The van der Waals surface area contributed by atoms with E-state index in [2.05, 4.69) is 42.6 Å². The zero-order valence-corrected chi connectivity index (χ0v) is 18.8. The van der Waals surface area contributed by atoms with Gasteiger partial charge in [0.25, 0.3) is 0 Å². The summed E-state index contributed by atoms with van der Waals surface area (Å²) < 4.78 is 8.98. The monoisotopic (exact) mass is 541 g/mol. The normalized spacial score (nSPS) is 15.8. The lowest BCUT2D eigenvalue weighted by atomic mass is 10.1. The van der Waals surface area contributed by atoms with Crippen LogP contribution in [-0.2, 0) is 13.0 Å². The molecule has 0 saturated heterocycles. The lowest BCUT2D eigenvalue weighted by molar-refractivity contribution is 0.235. The molecule has 4 rings (SSSR count). The van der Waals surface area contributed by atoms with Crippen molar-refractivity contribution >= 4 is 51.5 Å². The number of para-hydroxylation sites is 1. The summed E-state index contributed by atoms with van der Waals surface area (Å²) in [6.07, 6.45) is 5.05. The van der Waals surface area contributed by atoms with Crippen LogP contribution in [0.25, 0.3) is 5.65 Å². The highest BCUT2D eigenvalue weighted by atomic mass is 127. The molecule has 0 amide bonds. The summed E-state index contributed by atoms with van der Waals surface area (Å²) in [4.78, 5) is 8.87. The van der Waals surface area contributed by atoms with Crippen molar-refractivity contribution in [3.63, 3.8) is 0 Å². The Balaban J connectivity index is 0.00000210. The van der Waals surface area contributed by atoms with Crippen LogP contribution in [0.2, 0.25) is 0 Å². The topological polar surface area (TPSA) is 63.0 Å². The van der Waals surface area contributed by atoms with Gasteiger partial charge in [0.2, 0.25) is 0 Å². The molecule has 6 nitrogen and oxygen atoms in total. The van der Waals surface area contributed by atoms with E-state index >= 15 is 0 Å². The Kier molecular flexibility index (Phi) is 6.59. The van der Waals surface area contributed by atoms with Gasteiger partial charge in [-0.1, -0.05) is 18.2 Å². The van der Waals surface area contributed by atoms with Crippen LogP contribution in [0.4, 0.5) is 0 Å².